The number of benzene rings is 1. The lowest BCUT2D eigenvalue weighted by Gasteiger charge is -2.27. The molecule has 1 aromatic carbocycles. The van der Waals surface area contributed by atoms with Gasteiger partial charge in [-0.2, -0.15) is 9.65 Å². The molecule has 0 radical (unpaired) electrons. The number of hydrogen-bond donors (Lipinski definition) is 0. The average Bonchev–Trinajstić information content (AvgIpc) is 3.34. The topological polar surface area (TPSA) is 126 Å². The van der Waals surface area contributed by atoms with Crippen LogP contribution in [0.3, 0.4) is 0 Å². The summed E-state index contributed by atoms with van der Waals surface area (Å²) < 4.78 is 40.6. The van der Waals surface area contributed by atoms with Crippen molar-refractivity contribution in [1.29, 1.82) is 5.26 Å². The molecule has 11 nitrogen and oxygen atoms in total. The minimum absolute atomic E-state index is 0.0163. The minimum Gasteiger partial charge on any atom is -0.444 e. The number of cyclic esters (lactones) is 1. The normalized spacial score (nSPS) is 25.1. The Labute approximate surface area is 234 Å². The van der Waals surface area contributed by atoms with Gasteiger partial charge in [0.25, 0.3) is 0 Å². The maximum Gasteiger partial charge on any atom is 0.414 e. The number of pyridine rings is 1. The third kappa shape index (κ3) is 4.63. The summed E-state index contributed by atoms with van der Waals surface area (Å²) in [7, 11) is 0. The lowest BCUT2D eigenvalue weighted by Crippen LogP contribution is -2.39. The van der Waals surface area contributed by atoms with Gasteiger partial charge in [-0.05, 0) is 45.0 Å². The Kier molecular flexibility index (Phi) is 6.17. The number of anilines is 1. The number of halogens is 2. The third-order valence-electron chi connectivity index (χ3n) is 7.80. The van der Waals surface area contributed by atoms with Gasteiger partial charge in [-0.3, -0.25) is 9.88 Å². The Morgan fingerprint density at radius 3 is 2.51 bits per heavy atom. The van der Waals surface area contributed by atoms with Crippen molar-refractivity contribution >= 4 is 17.9 Å². The van der Waals surface area contributed by atoms with Crippen LogP contribution in [0.4, 0.5) is 24.1 Å². The Bertz CT molecular complexity index is 1550. The predicted octanol–water partition coefficient (Wildman–Crippen LogP) is 3.90. The van der Waals surface area contributed by atoms with Crippen molar-refractivity contribution in [3.63, 3.8) is 0 Å². The summed E-state index contributed by atoms with van der Waals surface area (Å²) in [5, 5.41) is 17.1. The van der Waals surface area contributed by atoms with Gasteiger partial charge in [0, 0.05) is 42.2 Å². The fourth-order valence-corrected chi connectivity index (χ4v) is 5.80. The fourth-order valence-electron chi connectivity index (χ4n) is 5.80. The number of amides is 2. The summed E-state index contributed by atoms with van der Waals surface area (Å²) in [5.41, 5.74) is 0.290. The molecule has 4 heterocycles. The molecule has 0 spiro atoms. The van der Waals surface area contributed by atoms with Crippen LogP contribution in [0, 0.1) is 34.9 Å². The fraction of sp³-hybridized carbons (Fsp3) is 0.429. The Morgan fingerprint density at radius 1 is 1.17 bits per heavy atom. The lowest BCUT2D eigenvalue weighted by atomic mass is 9.95. The number of rotatable bonds is 5. The molecule has 13 heteroatoms. The van der Waals surface area contributed by atoms with Gasteiger partial charge >= 0.3 is 12.2 Å². The van der Waals surface area contributed by atoms with Crippen LogP contribution >= 0.6 is 0 Å². The van der Waals surface area contributed by atoms with Crippen LogP contribution in [0.5, 0.6) is 0 Å². The van der Waals surface area contributed by atoms with Crippen LogP contribution in [0.15, 0.2) is 42.7 Å². The SMILES string of the molecule is CC(C)(C)OC(=O)N1C[C@@H]2[C@H](C1)C2(C#N)c1ccc(-c2ccc(N3C[C@H](Cn4nncc4F)OC3=O)cc2F)cn1. The molecule has 212 valence electrons. The second-order valence-corrected chi connectivity index (χ2v) is 11.5. The number of nitriles is 1. The summed E-state index contributed by atoms with van der Waals surface area (Å²) >= 11 is 0. The highest BCUT2D eigenvalue weighted by molar-refractivity contribution is 5.90. The van der Waals surface area contributed by atoms with E-state index in [1.807, 2.05) is 20.8 Å². The van der Waals surface area contributed by atoms with Crippen molar-refractivity contribution in [2.24, 2.45) is 11.8 Å². The minimum atomic E-state index is -0.790. The van der Waals surface area contributed by atoms with E-state index in [0.717, 1.165) is 10.9 Å². The van der Waals surface area contributed by atoms with E-state index >= 15 is 4.39 Å². The third-order valence-corrected chi connectivity index (χ3v) is 7.80. The zero-order valence-electron chi connectivity index (χ0n) is 22.6. The van der Waals surface area contributed by atoms with E-state index in [-0.39, 0.29) is 36.6 Å². The molecule has 2 amide bonds. The second-order valence-electron chi connectivity index (χ2n) is 11.5. The van der Waals surface area contributed by atoms with Crippen molar-refractivity contribution < 1.29 is 27.8 Å². The molecule has 41 heavy (non-hydrogen) atoms. The van der Waals surface area contributed by atoms with E-state index in [4.69, 9.17) is 9.47 Å². The smallest absolute Gasteiger partial charge is 0.414 e. The molecule has 3 aliphatic rings. The highest BCUT2D eigenvalue weighted by Gasteiger charge is 2.71. The Morgan fingerprint density at radius 2 is 1.93 bits per heavy atom. The van der Waals surface area contributed by atoms with Crippen LogP contribution in [0.1, 0.15) is 26.5 Å². The van der Waals surface area contributed by atoms with Crippen LogP contribution in [0.2, 0.25) is 0 Å². The van der Waals surface area contributed by atoms with E-state index < -0.39 is 35.0 Å². The van der Waals surface area contributed by atoms with Crippen molar-refractivity contribution in [2.75, 3.05) is 24.5 Å². The predicted molar refractivity (Wildman–Crippen MR) is 139 cm³/mol. The number of hydrogen-bond acceptors (Lipinski definition) is 8. The number of fused-ring (bicyclic) bond motifs is 1. The molecular formula is C28H27F2N7O4. The summed E-state index contributed by atoms with van der Waals surface area (Å²) in [6.07, 6.45) is 0.750. The maximum absolute atomic E-state index is 15.2. The number of carbonyl (C=O) groups is 2. The van der Waals surface area contributed by atoms with E-state index in [1.165, 1.54) is 17.2 Å². The molecule has 4 atom stereocenters. The van der Waals surface area contributed by atoms with E-state index in [0.29, 0.717) is 30.0 Å². The molecule has 1 aliphatic carbocycles. The number of likely N-dealkylation sites (tertiary alicyclic amines) is 1. The highest BCUT2D eigenvalue weighted by atomic mass is 19.1. The van der Waals surface area contributed by atoms with E-state index in [1.54, 1.807) is 29.2 Å². The van der Waals surface area contributed by atoms with Crippen LogP contribution in [-0.2, 0) is 21.4 Å². The van der Waals surface area contributed by atoms with Crippen LogP contribution < -0.4 is 4.90 Å². The summed E-state index contributed by atoms with van der Waals surface area (Å²) in [4.78, 5) is 32.3. The van der Waals surface area contributed by atoms with Gasteiger partial charge in [-0.25, -0.2) is 18.7 Å². The molecule has 1 unspecified atom stereocenters. The first-order chi connectivity index (χ1) is 19.5. The van der Waals surface area contributed by atoms with Crippen molar-refractivity contribution in [2.45, 2.75) is 44.4 Å². The van der Waals surface area contributed by atoms with Gasteiger partial charge < -0.3 is 14.4 Å². The molecule has 2 aliphatic heterocycles. The Balaban J connectivity index is 1.13. The first kappa shape index (κ1) is 26.6. The van der Waals surface area contributed by atoms with Gasteiger partial charge in [-0.15, -0.1) is 5.10 Å². The van der Waals surface area contributed by atoms with Crippen molar-refractivity contribution in [3.8, 4) is 17.2 Å². The monoisotopic (exact) mass is 563 g/mol. The van der Waals surface area contributed by atoms with E-state index in [9.17, 15) is 19.2 Å². The number of nitrogens with zero attached hydrogens (tertiary/aromatic N) is 7. The number of carbonyl (C=O) groups excluding carboxylic acids is 2. The largest absolute Gasteiger partial charge is 0.444 e. The summed E-state index contributed by atoms with van der Waals surface area (Å²) in [6.45, 7) is 6.34. The molecule has 0 bridgehead atoms. The quantitative estimate of drug-likeness (QED) is 0.458. The Hall–Kier alpha value is -4.60. The zero-order valence-corrected chi connectivity index (χ0v) is 22.6. The molecule has 2 saturated heterocycles. The van der Waals surface area contributed by atoms with Gasteiger partial charge in [0.05, 0.1) is 30.5 Å². The molecule has 6 rings (SSSR count). The molecule has 2 aromatic heterocycles. The summed E-state index contributed by atoms with van der Waals surface area (Å²) in [5.74, 6) is -1.30. The highest BCUT2D eigenvalue weighted by Crippen LogP contribution is 2.62. The van der Waals surface area contributed by atoms with E-state index in [2.05, 4.69) is 21.4 Å². The summed E-state index contributed by atoms with van der Waals surface area (Å²) in [6, 6.07) is 10.2. The molecule has 3 aromatic rings. The van der Waals surface area contributed by atoms with Crippen molar-refractivity contribution in [3.05, 3.63) is 60.2 Å². The van der Waals surface area contributed by atoms with Gasteiger partial charge in [0.15, 0.2) is 0 Å². The maximum atomic E-state index is 15.2. The number of aromatic nitrogens is 4. The number of ether oxygens (including phenoxy) is 2. The zero-order chi connectivity index (χ0) is 29.1. The molecule has 0 N–H and O–H groups in total. The van der Waals surface area contributed by atoms with Gasteiger partial charge in [-0.1, -0.05) is 11.3 Å². The van der Waals surface area contributed by atoms with Gasteiger partial charge in [0.2, 0.25) is 5.95 Å². The second kappa shape index (κ2) is 9.50. The lowest BCUT2D eigenvalue weighted by molar-refractivity contribution is 0.0265. The van der Waals surface area contributed by atoms with Crippen molar-refractivity contribution in [1.82, 2.24) is 24.9 Å². The van der Waals surface area contributed by atoms with Gasteiger partial charge in [0.1, 0.15) is 29.1 Å². The molecule has 3 fully saturated rings. The van der Waals surface area contributed by atoms with Crippen LogP contribution in [-0.4, -0.2) is 68.4 Å². The number of piperidine rings is 1. The molecular weight excluding hydrogens is 536 g/mol. The first-order valence-electron chi connectivity index (χ1n) is 13.2. The average molecular weight is 564 g/mol. The van der Waals surface area contributed by atoms with Crippen LogP contribution in [0.25, 0.3) is 11.1 Å². The first-order valence-corrected chi connectivity index (χ1v) is 13.2. The molecule has 1 saturated carbocycles. The standard InChI is InChI=1S/C28H27F2N7O4/c1-27(2,3)41-25(38)35-13-20-21(14-35)28(20,15-31)23-7-4-16(9-32-23)19-6-5-17(8-22(19)29)36-11-18(40-26(36)39)12-37-24(30)10-33-34-37/h4-10,18,20-21H,11-14H2,1-3H3/t18-,20-,21+,28?/m1/s1.